The minimum atomic E-state index is -0.0243. The average molecular weight is 262 g/mol. The number of hydrogen-bond donors (Lipinski definition) is 2. The number of ether oxygens (including phenoxy) is 2. The summed E-state index contributed by atoms with van der Waals surface area (Å²) in [5.41, 5.74) is 7.24. The predicted molar refractivity (Wildman–Crippen MR) is 75.1 cm³/mol. The number of methoxy groups -OCH3 is 2. The van der Waals surface area contributed by atoms with Gasteiger partial charge in [0.1, 0.15) is 12.1 Å². The molecule has 1 aromatic heterocycles. The summed E-state index contributed by atoms with van der Waals surface area (Å²) in [4.78, 5) is 8.44. The summed E-state index contributed by atoms with van der Waals surface area (Å²) in [7, 11) is 3.30. The van der Waals surface area contributed by atoms with Gasteiger partial charge in [-0.3, -0.25) is 0 Å². The van der Waals surface area contributed by atoms with Crippen LogP contribution in [0.1, 0.15) is 0 Å². The molecule has 0 fully saturated rings. The van der Waals surface area contributed by atoms with E-state index in [1.165, 1.54) is 6.33 Å². The van der Waals surface area contributed by atoms with E-state index < -0.39 is 0 Å². The summed E-state index contributed by atoms with van der Waals surface area (Å²) in [6, 6.07) is 5.57. The molecule has 2 rings (SSSR count). The zero-order valence-corrected chi connectivity index (χ0v) is 11.1. The first-order valence-electron chi connectivity index (χ1n) is 6.00. The van der Waals surface area contributed by atoms with Crippen molar-refractivity contribution in [2.45, 2.75) is 6.10 Å². The Bertz CT molecular complexity index is 547. The lowest BCUT2D eigenvalue weighted by Crippen LogP contribution is -2.26. The molecule has 0 saturated heterocycles. The molecule has 0 saturated carbocycles. The number of nitrogens with zero attached hydrogens (tertiary/aromatic N) is 2. The van der Waals surface area contributed by atoms with Crippen LogP contribution in [0, 0.1) is 0 Å². The third-order valence-electron chi connectivity index (χ3n) is 2.84. The van der Waals surface area contributed by atoms with Gasteiger partial charge in [-0.25, -0.2) is 9.97 Å². The molecule has 102 valence electrons. The van der Waals surface area contributed by atoms with Gasteiger partial charge in [0.2, 0.25) is 0 Å². The molecule has 6 heteroatoms. The number of anilines is 2. The van der Waals surface area contributed by atoms with Crippen molar-refractivity contribution >= 4 is 22.4 Å². The van der Waals surface area contributed by atoms with Gasteiger partial charge in [-0.15, -0.1) is 0 Å². The van der Waals surface area contributed by atoms with Crippen LogP contribution in [-0.4, -0.2) is 43.4 Å². The van der Waals surface area contributed by atoms with E-state index in [0.29, 0.717) is 18.8 Å². The Kier molecular flexibility index (Phi) is 4.48. The molecule has 0 radical (unpaired) electrons. The van der Waals surface area contributed by atoms with Crippen LogP contribution in [0.5, 0.6) is 0 Å². The molecule has 0 aliphatic carbocycles. The normalized spacial score (nSPS) is 12.5. The fourth-order valence-electron chi connectivity index (χ4n) is 1.82. The highest BCUT2D eigenvalue weighted by molar-refractivity contribution is 5.90. The average Bonchev–Trinajstić information content (AvgIpc) is 2.43. The lowest BCUT2D eigenvalue weighted by atomic mass is 10.2. The van der Waals surface area contributed by atoms with Crippen molar-refractivity contribution in [3.63, 3.8) is 0 Å². The molecule has 1 aromatic carbocycles. The molecule has 1 heterocycles. The third kappa shape index (κ3) is 3.30. The quantitative estimate of drug-likeness (QED) is 0.763. The third-order valence-corrected chi connectivity index (χ3v) is 2.84. The highest BCUT2D eigenvalue weighted by Gasteiger charge is 2.09. The van der Waals surface area contributed by atoms with E-state index in [1.807, 2.05) is 18.2 Å². The van der Waals surface area contributed by atoms with Gasteiger partial charge in [0, 0.05) is 31.8 Å². The zero-order chi connectivity index (χ0) is 13.7. The first kappa shape index (κ1) is 13.5. The fraction of sp³-hybridized carbons (Fsp3) is 0.385. The minimum absolute atomic E-state index is 0.0243. The van der Waals surface area contributed by atoms with Crippen LogP contribution >= 0.6 is 0 Å². The van der Waals surface area contributed by atoms with Crippen molar-refractivity contribution in [2.24, 2.45) is 0 Å². The number of benzene rings is 1. The maximum absolute atomic E-state index is 5.74. The molecular formula is C13H18N4O2. The first-order valence-corrected chi connectivity index (χ1v) is 6.00. The van der Waals surface area contributed by atoms with Crippen LogP contribution in [-0.2, 0) is 9.47 Å². The summed E-state index contributed by atoms with van der Waals surface area (Å²) in [6.45, 7) is 1.14. The van der Waals surface area contributed by atoms with Crippen LogP contribution in [0.3, 0.4) is 0 Å². The Morgan fingerprint density at radius 2 is 2.16 bits per heavy atom. The maximum Gasteiger partial charge on any atom is 0.137 e. The number of fused-ring (bicyclic) bond motifs is 1. The number of aromatic nitrogens is 2. The van der Waals surface area contributed by atoms with Crippen LogP contribution in [0.2, 0.25) is 0 Å². The van der Waals surface area contributed by atoms with E-state index in [-0.39, 0.29) is 6.10 Å². The van der Waals surface area contributed by atoms with Gasteiger partial charge < -0.3 is 20.5 Å². The Morgan fingerprint density at radius 1 is 1.32 bits per heavy atom. The van der Waals surface area contributed by atoms with Crippen LogP contribution in [0.4, 0.5) is 11.5 Å². The van der Waals surface area contributed by atoms with Crippen molar-refractivity contribution < 1.29 is 9.47 Å². The van der Waals surface area contributed by atoms with Crippen LogP contribution < -0.4 is 11.1 Å². The van der Waals surface area contributed by atoms with E-state index >= 15 is 0 Å². The highest BCUT2D eigenvalue weighted by atomic mass is 16.5. The zero-order valence-electron chi connectivity index (χ0n) is 11.1. The van der Waals surface area contributed by atoms with Gasteiger partial charge in [0.25, 0.3) is 0 Å². The smallest absolute Gasteiger partial charge is 0.137 e. The van der Waals surface area contributed by atoms with Gasteiger partial charge >= 0.3 is 0 Å². The standard InChI is InChI=1S/C13H18N4O2/c1-18-7-10(19-2)6-15-13-11-4-3-9(14)5-12(11)16-8-17-13/h3-5,8,10H,6-7,14H2,1-2H3,(H,15,16,17). The maximum atomic E-state index is 5.74. The van der Waals surface area contributed by atoms with Gasteiger partial charge in [-0.2, -0.15) is 0 Å². The van der Waals surface area contributed by atoms with Crippen LogP contribution in [0.25, 0.3) is 10.9 Å². The highest BCUT2D eigenvalue weighted by Crippen LogP contribution is 2.21. The van der Waals surface area contributed by atoms with E-state index in [1.54, 1.807) is 14.2 Å². The second-order valence-corrected chi connectivity index (χ2v) is 4.19. The lowest BCUT2D eigenvalue weighted by Gasteiger charge is -2.16. The van der Waals surface area contributed by atoms with Gasteiger partial charge in [0.15, 0.2) is 0 Å². The van der Waals surface area contributed by atoms with Crippen LogP contribution in [0.15, 0.2) is 24.5 Å². The van der Waals surface area contributed by atoms with Crippen molar-refractivity contribution in [3.8, 4) is 0 Å². The summed E-state index contributed by atoms with van der Waals surface area (Å²) in [5.74, 6) is 0.767. The van der Waals surface area contributed by atoms with E-state index in [4.69, 9.17) is 15.2 Å². The molecule has 2 aromatic rings. The molecule has 0 aliphatic rings. The Balaban J connectivity index is 2.16. The number of rotatable bonds is 6. The molecular weight excluding hydrogens is 244 g/mol. The topological polar surface area (TPSA) is 82.3 Å². The Hall–Kier alpha value is -1.92. The molecule has 1 unspecified atom stereocenters. The summed E-state index contributed by atoms with van der Waals surface area (Å²) >= 11 is 0. The molecule has 0 amide bonds. The van der Waals surface area contributed by atoms with Crippen molar-refractivity contribution in [1.82, 2.24) is 9.97 Å². The van der Waals surface area contributed by atoms with Gasteiger partial charge in [-0.1, -0.05) is 0 Å². The van der Waals surface area contributed by atoms with Crippen molar-refractivity contribution in [2.75, 3.05) is 38.4 Å². The molecule has 19 heavy (non-hydrogen) atoms. The van der Waals surface area contributed by atoms with E-state index in [9.17, 15) is 0 Å². The minimum Gasteiger partial charge on any atom is -0.399 e. The number of nitrogens with one attached hydrogen (secondary N) is 1. The van der Waals surface area contributed by atoms with E-state index in [2.05, 4.69) is 15.3 Å². The molecule has 0 bridgehead atoms. The number of nitrogen functional groups attached to an aromatic ring is 1. The largest absolute Gasteiger partial charge is 0.399 e. The first-order chi connectivity index (χ1) is 9.24. The van der Waals surface area contributed by atoms with E-state index in [0.717, 1.165) is 16.7 Å². The summed E-state index contributed by atoms with van der Waals surface area (Å²) < 4.78 is 10.4. The van der Waals surface area contributed by atoms with Gasteiger partial charge in [-0.05, 0) is 18.2 Å². The number of hydrogen-bond acceptors (Lipinski definition) is 6. The Morgan fingerprint density at radius 3 is 2.89 bits per heavy atom. The summed E-state index contributed by atoms with van der Waals surface area (Å²) in [5, 5.41) is 4.18. The lowest BCUT2D eigenvalue weighted by molar-refractivity contribution is 0.0365. The molecule has 0 spiro atoms. The molecule has 1 atom stereocenters. The summed E-state index contributed by atoms with van der Waals surface area (Å²) in [6.07, 6.45) is 1.49. The second-order valence-electron chi connectivity index (χ2n) is 4.19. The second kappa shape index (κ2) is 6.31. The monoisotopic (exact) mass is 262 g/mol. The molecule has 6 nitrogen and oxygen atoms in total. The fourth-order valence-corrected chi connectivity index (χ4v) is 1.82. The Labute approximate surface area is 111 Å². The van der Waals surface area contributed by atoms with Gasteiger partial charge in [0.05, 0.1) is 18.2 Å². The van der Waals surface area contributed by atoms with Crippen molar-refractivity contribution in [3.05, 3.63) is 24.5 Å². The van der Waals surface area contributed by atoms with Crippen molar-refractivity contribution in [1.29, 1.82) is 0 Å². The predicted octanol–water partition coefficient (Wildman–Crippen LogP) is 1.29. The number of nitrogens with two attached hydrogens (primary N) is 1. The molecule has 0 aliphatic heterocycles. The SMILES string of the molecule is COCC(CNc1ncnc2cc(N)ccc12)OC. The molecule has 3 N–H and O–H groups in total.